The molecule has 1 atom stereocenters. The fourth-order valence-corrected chi connectivity index (χ4v) is 6.40. The average Bonchev–Trinajstić information content (AvgIpc) is 2.89. The molecule has 4 rings (SSSR count). The summed E-state index contributed by atoms with van der Waals surface area (Å²) in [5.41, 5.74) is 1.98. The van der Waals surface area contributed by atoms with Crippen LogP contribution in [-0.2, 0) is 14.8 Å². The number of amides is 2. The van der Waals surface area contributed by atoms with Gasteiger partial charge in [0.25, 0.3) is 5.91 Å². The van der Waals surface area contributed by atoms with E-state index < -0.39 is 15.9 Å². The third kappa shape index (κ3) is 5.71. The minimum atomic E-state index is -3.81. The van der Waals surface area contributed by atoms with Gasteiger partial charge < -0.3 is 19.9 Å². The van der Waals surface area contributed by atoms with Crippen LogP contribution in [0.4, 0.5) is 5.69 Å². The number of piperidine rings is 1. The first-order valence-corrected chi connectivity index (χ1v) is 13.7. The first-order chi connectivity index (χ1) is 17.2. The predicted molar refractivity (Wildman–Crippen MR) is 138 cm³/mol. The molecular weight excluding hydrogens is 480 g/mol. The van der Waals surface area contributed by atoms with E-state index in [1.807, 2.05) is 18.9 Å². The number of piperazine rings is 1. The van der Waals surface area contributed by atoms with Gasteiger partial charge in [0.15, 0.2) is 0 Å². The maximum atomic E-state index is 13.4. The highest BCUT2D eigenvalue weighted by atomic mass is 32.2. The Morgan fingerprint density at radius 1 is 1.00 bits per heavy atom. The average molecular weight is 515 g/mol. The molecule has 0 radical (unpaired) electrons. The molecule has 0 saturated carbocycles. The van der Waals surface area contributed by atoms with Crippen LogP contribution in [0.3, 0.4) is 0 Å². The number of sulfonamides is 1. The maximum absolute atomic E-state index is 13.4. The highest BCUT2D eigenvalue weighted by molar-refractivity contribution is 7.89. The van der Waals surface area contributed by atoms with Crippen molar-refractivity contribution in [2.75, 3.05) is 58.7 Å². The summed E-state index contributed by atoms with van der Waals surface area (Å²) >= 11 is 0. The van der Waals surface area contributed by atoms with Gasteiger partial charge in [0.2, 0.25) is 15.9 Å². The Morgan fingerprint density at radius 3 is 2.36 bits per heavy atom. The van der Waals surface area contributed by atoms with E-state index in [1.54, 1.807) is 42.5 Å². The molecule has 0 unspecified atom stereocenters. The Morgan fingerprint density at radius 2 is 1.69 bits per heavy atom. The van der Waals surface area contributed by atoms with Crippen molar-refractivity contribution < 1.29 is 22.7 Å². The number of carbonyl (C=O) groups excluding carboxylic acids is 2. The van der Waals surface area contributed by atoms with Crippen LogP contribution in [0.15, 0.2) is 47.4 Å². The third-order valence-electron chi connectivity index (χ3n) is 6.88. The van der Waals surface area contributed by atoms with Crippen LogP contribution in [0.5, 0.6) is 5.75 Å². The molecule has 2 heterocycles. The number of hydrogen-bond acceptors (Lipinski definition) is 6. The van der Waals surface area contributed by atoms with Crippen molar-refractivity contribution in [1.29, 1.82) is 0 Å². The summed E-state index contributed by atoms with van der Waals surface area (Å²) in [6.45, 7) is 5.38. The minimum Gasteiger partial charge on any atom is -0.495 e. The molecule has 0 bridgehead atoms. The smallest absolute Gasteiger partial charge is 0.253 e. The first kappa shape index (κ1) is 26.1. The molecule has 2 saturated heterocycles. The highest BCUT2D eigenvalue weighted by Gasteiger charge is 2.35. The zero-order chi connectivity index (χ0) is 25.9. The summed E-state index contributed by atoms with van der Waals surface area (Å²) < 4.78 is 33.4. The van der Waals surface area contributed by atoms with Crippen molar-refractivity contribution in [2.24, 2.45) is 5.92 Å². The van der Waals surface area contributed by atoms with Gasteiger partial charge in [-0.05, 0) is 68.8 Å². The van der Waals surface area contributed by atoms with E-state index in [2.05, 4.69) is 10.2 Å². The van der Waals surface area contributed by atoms with E-state index in [1.165, 1.54) is 11.4 Å². The zero-order valence-electron chi connectivity index (χ0n) is 21.1. The van der Waals surface area contributed by atoms with Gasteiger partial charge >= 0.3 is 0 Å². The Bertz CT molecular complexity index is 1210. The molecule has 2 fully saturated rings. The molecule has 1 N–H and O–H groups in total. The summed E-state index contributed by atoms with van der Waals surface area (Å²) in [5, 5.41) is 2.89. The number of ether oxygens (including phenoxy) is 1. The number of carbonyl (C=O) groups is 2. The summed E-state index contributed by atoms with van der Waals surface area (Å²) in [5.74, 6) is -0.431. The topological polar surface area (TPSA) is 99.3 Å². The standard InChI is InChI=1S/C26H34N4O5S/c1-19-6-11-23(35-3)24(17-19)36(33,34)30-12-4-5-21(18-30)25(31)27-22-9-7-20(8-10-22)26(32)29-15-13-28(2)14-16-29/h6-11,17,21H,4-5,12-16,18H2,1-3H3,(H,27,31)/t21-/m1/s1. The molecule has 0 aliphatic carbocycles. The van der Waals surface area contributed by atoms with Gasteiger partial charge in [-0.3, -0.25) is 9.59 Å². The lowest BCUT2D eigenvalue weighted by Gasteiger charge is -2.32. The van der Waals surface area contributed by atoms with Crippen LogP contribution in [0.25, 0.3) is 0 Å². The fraction of sp³-hybridized carbons (Fsp3) is 0.462. The molecule has 10 heteroatoms. The minimum absolute atomic E-state index is 0.0133. The molecular formula is C26H34N4O5S. The zero-order valence-corrected chi connectivity index (χ0v) is 21.9. The number of likely N-dealkylation sites (N-methyl/N-ethyl adjacent to an activating group) is 1. The van der Waals surface area contributed by atoms with E-state index in [0.717, 1.165) is 18.7 Å². The normalized spacial score (nSPS) is 19.6. The van der Waals surface area contributed by atoms with E-state index in [9.17, 15) is 18.0 Å². The van der Waals surface area contributed by atoms with Crippen LogP contribution < -0.4 is 10.1 Å². The molecule has 2 aliphatic rings. The fourth-order valence-electron chi connectivity index (χ4n) is 4.63. The number of benzene rings is 2. The SMILES string of the molecule is COc1ccc(C)cc1S(=O)(=O)N1CCC[C@@H](C(=O)Nc2ccc(C(=O)N3CCN(C)CC3)cc2)C1. The van der Waals surface area contributed by atoms with Gasteiger partial charge in [-0.1, -0.05) is 6.07 Å². The summed E-state index contributed by atoms with van der Waals surface area (Å²) in [7, 11) is -0.327. The lowest BCUT2D eigenvalue weighted by Crippen LogP contribution is -2.47. The van der Waals surface area contributed by atoms with Gasteiger partial charge in [-0.2, -0.15) is 4.31 Å². The van der Waals surface area contributed by atoms with E-state index >= 15 is 0 Å². The van der Waals surface area contributed by atoms with Crippen molar-refractivity contribution >= 4 is 27.5 Å². The van der Waals surface area contributed by atoms with Crippen LogP contribution in [-0.4, -0.2) is 87.8 Å². The maximum Gasteiger partial charge on any atom is 0.253 e. The monoisotopic (exact) mass is 514 g/mol. The van der Waals surface area contributed by atoms with Crippen molar-refractivity contribution in [1.82, 2.24) is 14.1 Å². The molecule has 36 heavy (non-hydrogen) atoms. The molecule has 2 aromatic rings. The number of anilines is 1. The third-order valence-corrected chi connectivity index (χ3v) is 8.77. The first-order valence-electron chi connectivity index (χ1n) is 12.2. The molecule has 2 amide bonds. The predicted octanol–water partition coefficient (Wildman–Crippen LogP) is 2.43. The number of hydrogen-bond donors (Lipinski definition) is 1. The molecule has 194 valence electrons. The summed E-state index contributed by atoms with van der Waals surface area (Å²) in [6, 6.07) is 11.9. The number of nitrogens with zero attached hydrogens (tertiary/aromatic N) is 3. The van der Waals surface area contributed by atoms with E-state index in [-0.39, 0.29) is 23.3 Å². The molecule has 2 aliphatic heterocycles. The lowest BCUT2D eigenvalue weighted by atomic mass is 9.98. The van der Waals surface area contributed by atoms with Crippen molar-refractivity contribution in [3.05, 3.63) is 53.6 Å². The molecule has 0 spiro atoms. The van der Waals surface area contributed by atoms with Gasteiger partial charge in [-0.15, -0.1) is 0 Å². The van der Waals surface area contributed by atoms with E-state index in [0.29, 0.717) is 49.5 Å². The molecule has 0 aromatic heterocycles. The van der Waals surface area contributed by atoms with Gasteiger partial charge in [-0.25, -0.2) is 8.42 Å². The second-order valence-corrected chi connectivity index (χ2v) is 11.4. The van der Waals surface area contributed by atoms with Crippen molar-refractivity contribution in [3.63, 3.8) is 0 Å². The van der Waals surface area contributed by atoms with Crippen molar-refractivity contribution in [2.45, 2.75) is 24.7 Å². The molecule has 9 nitrogen and oxygen atoms in total. The number of methoxy groups -OCH3 is 1. The second-order valence-electron chi connectivity index (χ2n) is 9.52. The van der Waals surface area contributed by atoms with Gasteiger partial charge in [0.1, 0.15) is 10.6 Å². The Balaban J connectivity index is 1.40. The quantitative estimate of drug-likeness (QED) is 0.636. The van der Waals surface area contributed by atoms with Gasteiger partial charge in [0.05, 0.1) is 13.0 Å². The number of nitrogens with one attached hydrogen (secondary N) is 1. The lowest BCUT2D eigenvalue weighted by molar-refractivity contribution is -0.120. The second kappa shape index (κ2) is 11.0. The van der Waals surface area contributed by atoms with Crippen LogP contribution in [0.2, 0.25) is 0 Å². The number of rotatable bonds is 6. The Labute approximate surface area is 213 Å². The molecule has 2 aromatic carbocycles. The van der Waals surface area contributed by atoms with Crippen LogP contribution in [0.1, 0.15) is 28.8 Å². The van der Waals surface area contributed by atoms with Gasteiger partial charge in [0, 0.05) is 50.5 Å². The summed E-state index contributed by atoms with van der Waals surface area (Å²) in [6.07, 6.45) is 1.19. The summed E-state index contributed by atoms with van der Waals surface area (Å²) in [4.78, 5) is 29.9. The van der Waals surface area contributed by atoms with E-state index in [4.69, 9.17) is 4.74 Å². The van der Waals surface area contributed by atoms with Crippen molar-refractivity contribution in [3.8, 4) is 5.75 Å². The largest absolute Gasteiger partial charge is 0.495 e. The Kier molecular flexibility index (Phi) is 7.97. The number of aryl methyl sites for hydroxylation is 1. The highest BCUT2D eigenvalue weighted by Crippen LogP contribution is 2.31. The van der Waals surface area contributed by atoms with Crippen LogP contribution >= 0.6 is 0 Å². The Hall–Kier alpha value is -2.95. The van der Waals surface area contributed by atoms with Crippen LogP contribution in [0, 0.1) is 12.8 Å².